The van der Waals surface area contributed by atoms with Crippen LogP contribution >= 0.6 is 0 Å². The molecule has 3 rings (SSSR count). The van der Waals surface area contributed by atoms with Crippen LogP contribution in [0.5, 0.6) is 0 Å². The van der Waals surface area contributed by atoms with Crippen molar-refractivity contribution in [1.29, 1.82) is 0 Å². The topological polar surface area (TPSA) is 46.9 Å². The summed E-state index contributed by atoms with van der Waals surface area (Å²) in [6, 6.07) is 12.2. The maximum Gasteiger partial charge on any atom is 0.417 e. The fourth-order valence-corrected chi connectivity index (χ4v) is 2.56. The molecule has 1 amide bonds. The molecule has 0 aliphatic heterocycles. The lowest BCUT2D eigenvalue weighted by Gasteiger charge is -2.13. The summed E-state index contributed by atoms with van der Waals surface area (Å²) in [5, 5.41) is 2.54. The number of nitrogens with one attached hydrogen (secondary N) is 1. The quantitative estimate of drug-likeness (QED) is 0.752. The maximum atomic E-state index is 13.0. The van der Waals surface area contributed by atoms with Gasteiger partial charge in [-0.25, -0.2) is 4.98 Å². The summed E-state index contributed by atoms with van der Waals surface area (Å²) < 4.78 is 40.9. The molecule has 0 bridgehead atoms. The Balaban J connectivity index is 1.63. The summed E-state index contributed by atoms with van der Waals surface area (Å²) >= 11 is 0. The van der Waals surface area contributed by atoms with Crippen LogP contribution < -0.4 is 5.32 Å². The van der Waals surface area contributed by atoms with Crippen molar-refractivity contribution in [2.45, 2.75) is 19.3 Å². The molecule has 0 radical (unpaired) electrons. The number of carbonyl (C=O) groups excluding carboxylic acids is 1. The van der Waals surface area contributed by atoms with Crippen LogP contribution in [0.15, 0.2) is 67.3 Å². The van der Waals surface area contributed by atoms with E-state index < -0.39 is 17.6 Å². The van der Waals surface area contributed by atoms with Crippen LogP contribution in [0.2, 0.25) is 0 Å². The summed E-state index contributed by atoms with van der Waals surface area (Å²) in [5.74, 6) is -0.750. The Kier molecular flexibility index (Phi) is 5.06. The smallest absolute Gasteiger partial charge is 0.348 e. The fraction of sp³-hybridized carbons (Fsp3) is 0.158. The first-order chi connectivity index (χ1) is 12.4. The van der Waals surface area contributed by atoms with E-state index in [1.165, 1.54) is 18.2 Å². The summed E-state index contributed by atoms with van der Waals surface area (Å²) in [7, 11) is 0. The lowest BCUT2D eigenvalue weighted by atomic mass is 10.1. The number of hydrogen-bond acceptors (Lipinski definition) is 2. The van der Waals surface area contributed by atoms with Crippen molar-refractivity contribution in [3.8, 4) is 0 Å². The van der Waals surface area contributed by atoms with Gasteiger partial charge in [0.2, 0.25) is 0 Å². The standard InChI is InChI=1S/C19H16F3N3O/c20-19(21,22)17-4-2-1-3-16(17)18(26)24-11-14-5-7-15(8-6-14)12-25-10-9-23-13-25/h1-10,13H,11-12H2,(H,24,26). The molecule has 0 saturated carbocycles. The molecule has 7 heteroatoms. The molecule has 1 aromatic heterocycles. The lowest BCUT2D eigenvalue weighted by molar-refractivity contribution is -0.137. The average molecular weight is 359 g/mol. The molecule has 0 unspecified atom stereocenters. The number of aromatic nitrogens is 2. The summed E-state index contributed by atoms with van der Waals surface area (Å²) in [4.78, 5) is 16.1. The fourth-order valence-electron chi connectivity index (χ4n) is 2.56. The van der Waals surface area contributed by atoms with E-state index in [4.69, 9.17) is 0 Å². The second-order valence-electron chi connectivity index (χ2n) is 5.78. The van der Waals surface area contributed by atoms with Gasteiger partial charge in [-0.15, -0.1) is 0 Å². The van der Waals surface area contributed by atoms with Gasteiger partial charge >= 0.3 is 6.18 Å². The molecular weight excluding hydrogens is 343 g/mol. The zero-order valence-corrected chi connectivity index (χ0v) is 13.7. The minimum absolute atomic E-state index is 0.149. The number of imidazole rings is 1. The molecular formula is C19H16F3N3O. The molecule has 2 aromatic carbocycles. The minimum atomic E-state index is -4.57. The second-order valence-corrected chi connectivity index (χ2v) is 5.78. The van der Waals surface area contributed by atoms with E-state index in [1.807, 2.05) is 35.0 Å². The van der Waals surface area contributed by atoms with E-state index >= 15 is 0 Å². The highest BCUT2D eigenvalue weighted by Crippen LogP contribution is 2.31. The van der Waals surface area contributed by atoms with Crippen molar-refractivity contribution in [2.75, 3.05) is 0 Å². The highest BCUT2D eigenvalue weighted by Gasteiger charge is 2.34. The Morgan fingerprint density at radius 1 is 1.04 bits per heavy atom. The first-order valence-electron chi connectivity index (χ1n) is 7.91. The Bertz CT molecular complexity index is 872. The molecule has 3 aromatic rings. The van der Waals surface area contributed by atoms with Gasteiger partial charge < -0.3 is 9.88 Å². The third-order valence-corrected chi connectivity index (χ3v) is 3.88. The predicted octanol–water partition coefficient (Wildman–Crippen LogP) is 3.88. The van der Waals surface area contributed by atoms with Crippen molar-refractivity contribution < 1.29 is 18.0 Å². The van der Waals surface area contributed by atoms with Gasteiger partial charge in [0.05, 0.1) is 17.5 Å². The van der Waals surface area contributed by atoms with Crippen molar-refractivity contribution >= 4 is 5.91 Å². The Labute approximate surface area is 148 Å². The molecule has 0 fully saturated rings. The van der Waals surface area contributed by atoms with Crippen molar-refractivity contribution in [3.05, 3.63) is 89.5 Å². The molecule has 134 valence electrons. The molecule has 1 N–H and O–H groups in total. The van der Waals surface area contributed by atoms with Crippen LogP contribution in [0.1, 0.15) is 27.0 Å². The first kappa shape index (κ1) is 17.7. The predicted molar refractivity (Wildman–Crippen MR) is 90.4 cm³/mol. The number of amides is 1. The summed E-state index contributed by atoms with van der Waals surface area (Å²) in [6.07, 6.45) is 0.698. The second kappa shape index (κ2) is 7.43. The van der Waals surface area contributed by atoms with Crippen molar-refractivity contribution in [3.63, 3.8) is 0 Å². The van der Waals surface area contributed by atoms with Gasteiger partial charge in [-0.1, -0.05) is 36.4 Å². The zero-order valence-electron chi connectivity index (χ0n) is 13.7. The van der Waals surface area contributed by atoms with Crippen LogP contribution in [-0.2, 0) is 19.3 Å². The number of hydrogen-bond donors (Lipinski definition) is 1. The van der Waals surface area contributed by atoms with E-state index in [1.54, 1.807) is 12.5 Å². The van der Waals surface area contributed by atoms with Gasteiger partial charge in [0.25, 0.3) is 5.91 Å². The van der Waals surface area contributed by atoms with Crippen molar-refractivity contribution in [1.82, 2.24) is 14.9 Å². The van der Waals surface area contributed by atoms with Crippen LogP contribution in [0, 0.1) is 0 Å². The van der Waals surface area contributed by atoms with Crippen LogP contribution in [0.25, 0.3) is 0 Å². The van der Waals surface area contributed by atoms with Gasteiger partial charge in [-0.2, -0.15) is 13.2 Å². The Hall–Kier alpha value is -3.09. The van der Waals surface area contributed by atoms with Crippen LogP contribution in [-0.4, -0.2) is 15.5 Å². The van der Waals surface area contributed by atoms with E-state index in [2.05, 4.69) is 10.3 Å². The molecule has 0 aliphatic rings. The number of rotatable bonds is 5. The van der Waals surface area contributed by atoms with E-state index in [-0.39, 0.29) is 12.1 Å². The van der Waals surface area contributed by atoms with E-state index in [0.29, 0.717) is 6.54 Å². The molecule has 4 nitrogen and oxygen atoms in total. The minimum Gasteiger partial charge on any atom is -0.348 e. The van der Waals surface area contributed by atoms with Gasteiger partial charge in [0.15, 0.2) is 0 Å². The molecule has 0 aliphatic carbocycles. The zero-order chi connectivity index (χ0) is 18.6. The molecule has 0 atom stereocenters. The Morgan fingerprint density at radius 3 is 2.38 bits per heavy atom. The van der Waals surface area contributed by atoms with E-state index in [9.17, 15) is 18.0 Å². The molecule has 0 saturated heterocycles. The number of carbonyl (C=O) groups is 1. The lowest BCUT2D eigenvalue weighted by Crippen LogP contribution is -2.25. The number of benzene rings is 2. The Morgan fingerprint density at radius 2 is 1.73 bits per heavy atom. The normalized spacial score (nSPS) is 11.3. The highest BCUT2D eigenvalue weighted by molar-refractivity contribution is 5.95. The van der Waals surface area contributed by atoms with Gasteiger partial charge in [0.1, 0.15) is 0 Å². The van der Waals surface area contributed by atoms with Crippen LogP contribution in [0.3, 0.4) is 0 Å². The number of halogens is 3. The molecule has 0 spiro atoms. The molecule has 1 heterocycles. The number of alkyl halides is 3. The van der Waals surface area contributed by atoms with Crippen molar-refractivity contribution in [2.24, 2.45) is 0 Å². The van der Waals surface area contributed by atoms with Crippen LogP contribution in [0.4, 0.5) is 13.2 Å². The van der Waals surface area contributed by atoms with Gasteiger partial charge in [-0.05, 0) is 23.3 Å². The van der Waals surface area contributed by atoms with Gasteiger partial charge in [0, 0.05) is 25.5 Å². The third-order valence-electron chi connectivity index (χ3n) is 3.88. The average Bonchev–Trinajstić information content (AvgIpc) is 3.13. The summed E-state index contributed by atoms with van der Waals surface area (Å²) in [5.41, 5.74) is 0.544. The SMILES string of the molecule is O=C(NCc1ccc(Cn2ccnc2)cc1)c1ccccc1C(F)(F)F. The van der Waals surface area contributed by atoms with Gasteiger partial charge in [-0.3, -0.25) is 4.79 Å². The number of nitrogens with zero attached hydrogens (tertiary/aromatic N) is 2. The molecule has 26 heavy (non-hydrogen) atoms. The monoisotopic (exact) mass is 359 g/mol. The third kappa shape index (κ3) is 4.30. The first-order valence-corrected chi connectivity index (χ1v) is 7.91. The summed E-state index contributed by atoms with van der Waals surface area (Å²) in [6.45, 7) is 0.821. The highest BCUT2D eigenvalue weighted by atomic mass is 19.4. The maximum absolute atomic E-state index is 13.0. The van der Waals surface area contributed by atoms with E-state index in [0.717, 1.165) is 17.2 Å². The largest absolute Gasteiger partial charge is 0.417 e.